The van der Waals surface area contributed by atoms with E-state index in [0.717, 1.165) is 24.0 Å². The lowest BCUT2D eigenvalue weighted by Gasteiger charge is -2.36. The number of carbonyl (C=O) groups excluding carboxylic acids is 3. The van der Waals surface area contributed by atoms with E-state index in [-0.39, 0.29) is 24.2 Å². The number of aliphatic hydroxyl groups excluding tert-OH is 1. The van der Waals surface area contributed by atoms with Crippen LogP contribution in [0.15, 0.2) is 79.4 Å². The van der Waals surface area contributed by atoms with E-state index in [2.05, 4.69) is 20.2 Å². The predicted octanol–water partition coefficient (Wildman–Crippen LogP) is 4.93. The number of aromatic nitrogens is 2. The van der Waals surface area contributed by atoms with Crippen LogP contribution in [-0.4, -0.2) is 74.3 Å². The summed E-state index contributed by atoms with van der Waals surface area (Å²) in [6.45, 7) is 10.4. The molecule has 1 saturated heterocycles. The lowest BCUT2D eigenvalue weighted by molar-refractivity contribution is -0.140. The summed E-state index contributed by atoms with van der Waals surface area (Å²) >= 11 is 0. The normalized spacial score (nSPS) is 16.6. The Kier molecular flexibility index (Phi) is 12.6. The minimum absolute atomic E-state index is 0.0727. The topological polar surface area (TPSA) is 126 Å². The van der Waals surface area contributed by atoms with E-state index < -0.39 is 35.8 Å². The van der Waals surface area contributed by atoms with Crippen LogP contribution in [-0.2, 0) is 27.2 Å². The van der Waals surface area contributed by atoms with Gasteiger partial charge in [-0.05, 0) is 69.9 Å². The molecule has 1 aliphatic rings. The van der Waals surface area contributed by atoms with Gasteiger partial charge in [0.2, 0.25) is 11.8 Å². The summed E-state index contributed by atoms with van der Waals surface area (Å²) in [7, 11) is 0. The molecule has 1 aliphatic heterocycles. The van der Waals surface area contributed by atoms with E-state index in [0.29, 0.717) is 32.0 Å². The highest BCUT2D eigenvalue weighted by atomic mass is 16.6. The van der Waals surface area contributed by atoms with Gasteiger partial charge in [0.05, 0.1) is 18.5 Å². The first-order valence-electron chi connectivity index (χ1n) is 16.7. The lowest BCUT2D eigenvalue weighted by Crippen LogP contribution is -2.54. The second-order valence-electron chi connectivity index (χ2n) is 13.9. The predicted molar refractivity (Wildman–Crippen MR) is 181 cm³/mol. The molecule has 10 nitrogen and oxygen atoms in total. The smallest absolute Gasteiger partial charge is 0.407 e. The van der Waals surface area contributed by atoms with Crippen molar-refractivity contribution in [2.75, 3.05) is 13.1 Å². The van der Waals surface area contributed by atoms with Crippen LogP contribution in [0.4, 0.5) is 4.79 Å². The molecule has 4 unspecified atom stereocenters. The van der Waals surface area contributed by atoms with Gasteiger partial charge < -0.3 is 29.9 Å². The first kappa shape index (κ1) is 35.7. The lowest BCUT2D eigenvalue weighted by atomic mass is 9.88. The number of carbonyl (C=O) groups is 3. The van der Waals surface area contributed by atoms with Crippen molar-refractivity contribution >= 4 is 17.9 Å². The zero-order chi connectivity index (χ0) is 34.0. The summed E-state index contributed by atoms with van der Waals surface area (Å²) in [5.41, 5.74) is 1.15. The molecule has 3 aromatic rings. The third-order valence-corrected chi connectivity index (χ3v) is 8.64. The minimum atomic E-state index is -1.07. The van der Waals surface area contributed by atoms with Gasteiger partial charge in [0.1, 0.15) is 11.6 Å². The number of imidazole rings is 1. The average Bonchev–Trinajstić information content (AvgIpc) is 3.58. The van der Waals surface area contributed by atoms with Crippen LogP contribution in [0.25, 0.3) is 0 Å². The molecular formula is C37H51N5O5. The molecule has 1 fully saturated rings. The summed E-state index contributed by atoms with van der Waals surface area (Å²) < 4.78 is 7.60. The molecule has 4 atom stereocenters. The number of nitrogens with zero attached hydrogens (tertiary/aromatic N) is 3. The first-order chi connectivity index (χ1) is 22.4. The van der Waals surface area contributed by atoms with Crippen molar-refractivity contribution in [3.8, 4) is 0 Å². The van der Waals surface area contributed by atoms with Crippen molar-refractivity contribution in [2.24, 2.45) is 11.8 Å². The number of rotatable bonds is 13. The van der Waals surface area contributed by atoms with Gasteiger partial charge in [0, 0.05) is 37.4 Å². The Balaban J connectivity index is 1.50. The van der Waals surface area contributed by atoms with Crippen molar-refractivity contribution < 1.29 is 24.2 Å². The zero-order valence-electron chi connectivity index (χ0n) is 28.3. The number of ether oxygens (including phenoxy) is 1. The molecule has 0 aliphatic carbocycles. The van der Waals surface area contributed by atoms with E-state index in [4.69, 9.17) is 4.74 Å². The number of alkyl carbamates (subject to hydrolysis) is 1. The molecule has 2 aromatic carbocycles. The van der Waals surface area contributed by atoms with E-state index in [1.54, 1.807) is 27.0 Å². The summed E-state index contributed by atoms with van der Waals surface area (Å²) in [6, 6.07) is 18.1. The van der Waals surface area contributed by atoms with Gasteiger partial charge >= 0.3 is 6.09 Å². The molecule has 4 rings (SSSR count). The molecule has 47 heavy (non-hydrogen) atoms. The number of aliphatic hydroxyl groups is 1. The van der Waals surface area contributed by atoms with Crippen LogP contribution in [0.3, 0.4) is 0 Å². The summed E-state index contributed by atoms with van der Waals surface area (Å²) in [6.07, 6.45) is 6.25. The Bertz CT molecular complexity index is 1400. The van der Waals surface area contributed by atoms with Gasteiger partial charge in [-0.3, -0.25) is 9.59 Å². The number of likely N-dealkylation sites (tertiary alicyclic amines) is 1. The molecular weight excluding hydrogens is 594 g/mol. The molecule has 2 heterocycles. The summed E-state index contributed by atoms with van der Waals surface area (Å²) in [5, 5.41) is 17.6. The van der Waals surface area contributed by atoms with Crippen LogP contribution >= 0.6 is 0 Å². The van der Waals surface area contributed by atoms with Crippen molar-refractivity contribution in [2.45, 2.75) is 96.6 Å². The second kappa shape index (κ2) is 16.6. The van der Waals surface area contributed by atoms with Crippen LogP contribution in [0.1, 0.15) is 71.0 Å². The van der Waals surface area contributed by atoms with Crippen LogP contribution < -0.4 is 10.6 Å². The maximum atomic E-state index is 14.1. The molecule has 0 radical (unpaired) electrons. The number of hydrogen-bond donors (Lipinski definition) is 3. The third kappa shape index (κ3) is 10.9. The van der Waals surface area contributed by atoms with Crippen molar-refractivity contribution in [3.05, 3.63) is 90.5 Å². The fourth-order valence-corrected chi connectivity index (χ4v) is 6.10. The van der Waals surface area contributed by atoms with Crippen molar-refractivity contribution in [3.63, 3.8) is 0 Å². The Morgan fingerprint density at radius 3 is 2.06 bits per heavy atom. The van der Waals surface area contributed by atoms with E-state index in [1.807, 2.05) is 91.9 Å². The third-order valence-electron chi connectivity index (χ3n) is 8.64. The minimum Gasteiger partial charge on any atom is -0.444 e. The molecule has 10 heteroatoms. The largest absolute Gasteiger partial charge is 0.444 e. The van der Waals surface area contributed by atoms with Crippen LogP contribution in [0, 0.1) is 11.8 Å². The average molecular weight is 646 g/mol. The second-order valence-corrected chi connectivity index (χ2v) is 13.9. The molecule has 0 saturated carbocycles. The highest BCUT2D eigenvalue weighted by molar-refractivity contribution is 5.89. The van der Waals surface area contributed by atoms with Gasteiger partial charge in [0.25, 0.3) is 0 Å². The van der Waals surface area contributed by atoms with Gasteiger partial charge in [-0.2, -0.15) is 0 Å². The maximum Gasteiger partial charge on any atom is 0.407 e. The first-order valence-corrected chi connectivity index (χ1v) is 16.7. The molecule has 1 aromatic heterocycles. The quantitative estimate of drug-likeness (QED) is 0.242. The summed E-state index contributed by atoms with van der Waals surface area (Å²) in [4.78, 5) is 46.7. The monoisotopic (exact) mass is 645 g/mol. The van der Waals surface area contributed by atoms with Gasteiger partial charge in [0.15, 0.2) is 0 Å². The number of benzene rings is 2. The number of hydrogen-bond acceptors (Lipinski definition) is 6. The molecule has 3 N–H and O–H groups in total. The number of nitrogens with one attached hydrogen (secondary N) is 2. The van der Waals surface area contributed by atoms with Crippen LogP contribution in [0.5, 0.6) is 0 Å². The van der Waals surface area contributed by atoms with Crippen molar-refractivity contribution in [1.82, 2.24) is 25.1 Å². The SMILES string of the molecule is CC(C)C(NC(=O)C(Cc1ccccc1)CC(O)C(Cc1ccccc1)NC(=O)OC(C)(C)C)C(=O)N1CCC(n2ccnc2)CC1. The standard InChI is InChI=1S/C37H51N5O5/c1-26(2)33(35(45)41-19-16-30(17-20-41)42-21-18-38-25-42)40-34(44)29(22-27-12-8-6-9-13-27)24-32(43)31(23-28-14-10-7-11-15-28)39-36(46)47-37(3,4)5/h6-15,18,21,25-26,29-33,43H,16-17,19-20,22-24H2,1-5H3,(H,39,46)(H,40,44). The van der Waals surface area contributed by atoms with Crippen molar-refractivity contribution in [1.29, 1.82) is 0 Å². The summed E-state index contributed by atoms with van der Waals surface area (Å²) in [5.74, 6) is -1.19. The Hall–Kier alpha value is -4.18. The fourth-order valence-electron chi connectivity index (χ4n) is 6.10. The zero-order valence-corrected chi connectivity index (χ0v) is 28.3. The maximum absolute atomic E-state index is 14.1. The van der Waals surface area contributed by atoms with E-state index >= 15 is 0 Å². The van der Waals surface area contributed by atoms with Crippen LogP contribution in [0.2, 0.25) is 0 Å². The Morgan fingerprint density at radius 2 is 1.53 bits per heavy atom. The molecule has 0 spiro atoms. The highest BCUT2D eigenvalue weighted by Gasteiger charge is 2.35. The van der Waals surface area contributed by atoms with Gasteiger partial charge in [-0.1, -0.05) is 74.5 Å². The fraction of sp³-hybridized carbons (Fsp3) is 0.514. The molecule has 0 bridgehead atoms. The highest BCUT2D eigenvalue weighted by Crippen LogP contribution is 2.24. The Labute approximate surface area is 278 Å². The van der Waals surface area contributed by atoms with Gasteiger partial charge in [-0.15, -0.1) is 0 Å². The molecule has 3 amide bonds. The van der Waals surface area contributed by atoms with E-state index in [9.17, 15) is 19.5 Å². The number of amides is 3. The Morgan fingerprint density at radius 1 is 0.936 bits per heavy atom. The van der Waals surface area contributed by atoms with Gasteiger partial charge in [-0.25, -0.2) is 9.78 Å². The number of piperidine rings is 1. The molecule has 254 valence electrons. The van der Waals surface area contributed by atoms with E-state index in [1.165, 1.54) is 0 Å².